The van der Waals surface area contributed by atoms with Gasteiger partial charge in [0.2, 0.25) is 0 Å². The number of rotatable bonds is 2. The lowest BCUT2D eigenvalue weighted by atomic mass is 9.63. The van der Waals surface area contributed by atoms with Crippen molar-refractivity contribution >= 4 is 12.1 Å². The molecule has 1 spiro atoms. The van der Waals surface area contributed by atoms with Gasteiger partial charge in [0.25, 0.3) is 0 Å². The number of nitrogens with one attached hydrogen (secondary N) is 1. The van der Waals surface area contributed by atoms with E-state index in [1.54, 1.807) is 4.90 Å². The zero-order valence-electron chi connectivity index (χ0n) is 13.4. The third-order valence-electron chi connectivity index (χ3n) is 4.92. The molecular formula is C15H26N2O4. The quantitative estimate of drug-likeness (QED) is 0.811. The normalized spacial score (nSPS) is 32.7. The fraction of sp³-hybridized carbons (Fsp3) is 0.867. The molecule has 6 heteroatoms. The highest BCUT2D eigenvalue weighted by molar-refractivity contribution is 5.77. The number of carboxylic acid groups (broad SMARTS) is 1. The van der Waals surface area contributed by atoms with Crippen LogP contribution < -0.4 is 5.32 Å². The molecule has 0 unspecified atom stereocenters. The van der Waals surface area contributed by atoms with Crippen LogP contribution in [0.25, 0.3) is 0 Å². The smallest absolute Gasteiger partial charge is 0.410 e. The number of ether oxygens (including phenoxy) is 1. The lowest BCUT2D eigenvalue weighted by Crippen LogP contribution is -2.49. The van der Waals surface area contributed by atoms with Gasteiger partial charge in [-0.15, -0.1) is 0 Å². The first-order valence-corrected chi connectivity index (χ1v) is 7.58. The summed E-state index contributed by atoms with van der Waals surface area (Å²) < 4.78 is 5.41. The Morgan fingerprint density at radius 3 is 2.52 bits per heavy atom. The molecule has 6 nitrogen and oxygen atoms in total. The second-order valence-corrected chi connectivity index (χ2v) is 7.28. The number of carboxylic acids is 1. The summed E-state index contributed by atoms with van der Waals surface area (Å²) in [6, 6.07) is 0. The molecule has 2 saturated heterocycles. The number of amides is 1. The maximum atomic E-state index is 12.2. The van der Waals surface area contributed by atoms with E-state index in [2.05, 4.69) is 5.32 Å². The van der Waals surface area contributed by atoms with Gasteiger partial charge < -0.3 is 20.1 Å². The number of hydrogen-bond donors (Lipinski definition) is 2. The van der Waals surface area contributed by atoms with Crippen molar-refractivity contribution in [3.8, 4) is 0 Å². The van der Waals surface area contributed by atoms with Crippen LogP contribution in [0.4, 0.5) is 4.79 Å². The highest BCUT2D eigenvalue weighted by atomic mass is 16.6. The Morgan fingerprint density at radius 2 is 2.00 bits per heavy atom. The van der Waals surface area contributed by atoms with Crippen LogP contribution in [-0.4, -0.2) is 53.8 Å². The van der Waals surface area contributed by atoms with Gasteiger partial charge in [0.15, 0.2) is 0 Å². The number of nitrogens with zero attached hydrogens (tertiary/aromatic N) is 1. The topological polar surface area (TPSA) is 78.9 Å². The first kappa shape index (κ1) is 16.1. The van der Waals surface area contributed by atoms with Gasteiger partial charge >= 0.3 is 12.1 Å². The van der Waals surface area contributed by atoms with Crippen molar-refractivity contribution in [2.45, 2.75) is 46.1 Å². The molecule has 0 aliphatic carbocycles. The van der Waals surface area contributed by atoms with Gasteiger partial charge in [0, 0.05) is 31.6 Å². The predicted molar refractivity (Wildman–Crippen MR) is 78.1 cm³/mol. The molecule has 2 aliphatic rings. The summed E-state index contributed by atoms with van der Waals surface area (Å²) in [5.41, 5.74) is -1.70. The minimum absolute atomic E-state index is 0.346. The zero-order chi connectivity index (χ0) is 15.9. The monoisotopic (exact) mass is 298 g/mol. The highest BCUT2D eigenvalue weighted by Gasteiger charge is 2.61. The van der Waals surface area contributed by atoms with E-state index >= 15 is 0 Å². The van der Waals surface area contributed by atoms with Gasteiger partial charge in [-0.25, -0.2) is 4.79 Å². The molecule has 0 aromatic heterocycles. The SMILES string of the molecule is CC[C@@]1(C(=O)O)CNC[C@]12CCN(C(=O)OC(C)(C)C)C2. The first-order valence-electron chi connectivity index (χ1n) is 7.58. The van der Waals surface area contributed by atoms with Gasteiger partial charge in [-0.3, -0.25) is 4.79 Å². The summed E-state index contributed by atoms with van der Waals surface area (Å²) in [6.07, 6.45) is 0.929. The molecule has 2 rings (SSSR count). The van der Waals surface area contributed by atoms with Crippen molar-refractivity contribution in [2.24, 2.45) is 10.8 Å². The van der Waals surface area contributed by atoms with Crippen molar-refractivity contribution in [1.82, 2.24) is 10.2 Å². The Morgan fingerprint density at radius 1 is 1.33 bits per heavy atom. The number of hydrogen-bond acceptors (Lipinski definition) is 4. The van der Waals surface area contributed by atoms with E-state index in [9.17, 15) is 14.7 Å². The van der Waals surface area contributed by atoms with Crippen LogP contribution in [-0.2, 0) is 9.53 Å². The van der Waals surface area contributed by atoms with E-state index in [4.69, 9.17) is 4.74 Å². The summed E-state index contributed by atoms with van der Waals surface area (Å²) in [5, 5.41) is 13.0. The molecule has 0 aromatic rings. The van der Waals surface area contributed by atoms with E-state index in [1.165, 1.54) is 0 Å². The minimum atomic E-state index is -0.788. The molecule has 0 radical (unpaired) electrons. The third-order valence-corrected chi connectivity index (χ3v) is 4.92. The maximum absolute atomic E-state index is 12.2. The van der Waals surface area contributed by atoms with E-state index in [0.29, 0.717) is 39.0 Å². The lowest BCUT2D eigenvalue weighted by Gasteiger charge is -2.38. The molecular weight excluding hydrogens is 272 g/mol. The number of likely N-dealkylation sites (tertiary alicyclic amines) is 1. The first-order chi connectivity index (χ1) is 9.66. The van der Waals surface area contributed by atoms with Crippen molar-refractivity contribution in [3.63, 3.8) is 0 Å². The molecule has 2 atom stereocenters. The van der Waals surface area contributed by atoms with E-state index in [-0.39, 0.29) is 11.5 Å². The number of carbonyl (C=O) groups excluding carboxylic acids is 1. The Hall–Kier alpha value is -1.30. The van der Waals surface area contributed by atoms with Crippen LogP contribution in [0.3, 0.4) is 0 Å². The molecule has 2 fully saturated rings. The molecule has 1 amide bonds. The van der Waals surface area contributed by atoms with Gasteiger partial charge in [0.05, 0.1) is 5.41 Å². The van der Waals surface area contributed by atoms with Crippen LogP contribution in [0.5, 0.6) is 0 Å². The van der Waals surface area contributed by atoms with Gasteiger partial charge in [-0.1, -0.05) is 6.92 Å². The Labute approximate surface area is 125 Å². The standard InChI is InChI=1S/C15H26N2O4/c1-5-15(11(18)19)9-16-8-14(15)6-7-17(10-14)12(20)21-13(2,3)4/h16H,5-10H2,1-4H3,(H,18,19)/t14-,15-/m0/s1. The molecule has 0 saturated carbocycles. The Balaban J connectivity index is 2.17. The van der Waals surface area contributed by atoms with Gasteiger partial charge in [-0.05, 0) is 33.6 Å². The summed E-state index contributed by atoms with van der Waals surface area (Å²) >= 11 is 0. The molecule has 120 valence electrons. The summed E-state index contributed by atoms with van der Waals surface area (Å²) in [4.78, 5) is 25.7. The van der Waals surface area contributed by atoms with Crippen molar-refractivity contribution in [2.75, 3.05) is 26.2 Å². The highest BCUT2D eigenvalue weighted by Crippen LogP contribution is 2.51. The van der Waals surface area contributed by atoms with Gasteiger partial charge in [-0.2, -0.15) is 0 Å². The summed E-state index contributed by atoms with van der Waals surface area (Å²) in [5.74, 6) is -0.763. The third kappa shape index (κ3) is 2.61. The number of carbonyl (C=O) groups is 2. The summed E-state index contributed by atoms with van der Waals surface area (Å²) in [7, 11) is 0. The molecule has 0 bridgehead atoms. The van der Waals surface area contributed by atoms with Gasteiger partial charge in [0.1, 0.15) is 5.60 Å². The van der Waals surface area contributed by atoms with Crippen LogP contribution >= 0.6 is 0 Å². The van der Waals surface area contributed by atoms with Crippen LogP contribution in [0.15, 0.2) is 0 Å². The van der Waals surface area contributed by atoms with E-state index < -0.39 is 17.0 Å². The molecule has 2 heterocycles. The average Bonchev–Trinajstić information content (AvgIpc) is 2.93. The fourth-order valence-electron chi connectivity index (χ4n) is 3.72. The second kappa shape index (κ2) is 5.16. The summed E-state index contributed by atoms with van der Waals surface area (Å²) in [6.45, 7) is 9.55. The van der Waals surface area contributed by atoms with Crippen LogP contribution in [0.1, 0.15) is 40.5 Å². The largest absolute Gasteiger partial charge is 0.481 e. The Bertz CT molecular complexity index is 445. The lowest BCUT2D eigenvalue weighted by molar-refractivity contribution is -0.154. The van der Waals surface area contributed by atoms with Crippen molar-refractivity contribution in [3.05, 3.63) is 0 Å². The molecule has 21 heavy (non-hydrogen) atoms. The average molecular weight is 298 g/mol. The van der Waals surface area contributed by atoms with Crippen LogP contribution in [0, 0.1) is 10.8 Å². The van der Waals surface area contributed by atoms with E-state index in [1.807, 2.05) is 27.7 Å². The predicted octanol–water partition coefficient (Wildman–Crippen LogP) is 1.70. The number of aliphatic carboxylic acids is 1. The molecule has 2 N–H and O–H groups in total. The minimum Gasteiger partial charge on any atom is -0.481 e. The van der Waals surface area contributed by atoms with E-state index in [0.717, 1.165) is 0 Å². The Kier molecular flexibility index (Phi) is 3.95. The van der Waals surface area contributed by atoms with Crippen molar-refractivity contribution in [1.29, 1.82) is 0 Å². The molecule has 2 aliphatic heterocycles. The van der Waals surface area contributed by atoms with Crippen LogP contribution in [0.2, 0.25) is 0 Å². The molecule has 0 aromatic carbocycles. The zero-order valence-corrected chi connectivity index (χ0v) is 13.4. The maximum Gasteiger partial charge on any atom is 0.410 e. The van der Waals surface area contributed by atoms with Crippen molar-refractivity contribution < 1.29 is 19.4 Å². The second-order valence-electron chi connectivity index (χ2n) is 7.28. The fourth-order valence-corrected chi connectivity index (χ4v) is 3.72.